The Morgan fingerprint density at radius 2 is 1.44 bits per heavy atom. The molecule has 96 valence electrons. The van der Waals surface area contributed by atoms with Crippen LogP contribution in [-0.2, 0) is 5.41 Å². The summed E-state index contributed by atoms with van der Waals surface area (Å²) in [5.74, 6) is 0.903. The minimum Gasteiger partial charge on any atom is -0.0852 e. The molecule has 1 aromatic rings. The first-order valence-electron chi connectivity index (χ1n) is 6.95. The summed E-state index contributed by atoms with van der Waals surface area (Å²) >= 11 is 8.19. The predicted octanol–water partition coefficient (Wildman–Crippen LogP) is 5.19. The van der Waals surface area contributed by atoms with E-state index in [-0.39, 0.29) is 0 Å². The van der Waals surface area contributed by atoms with Crippen molar-refractivity contribution in [1.82, 2.24) is 0 Å². The van der Waals surface area contributed by atoms with E-state index >= 15 is 0 Å². The highest BCUT2D eigenvalue weighted by molar-refractivity contribution is 9.10. The van der Waals surface area contributed by atoms with E-state index in [1.165, 1.54) is 38.5 Å². The zero-order valence-electron chi connectivity index (χ0n) is 10.5. The van der Waals surface area contributed by atoms with Crippen molar-refractivity contribution in [3.05, 3.63) is 35.9 Å². The van der Waals surface area contributed by atoms with Crippen molar-refractivity contribution < 1.29 is 0 Å². The molecule has 0 saturated heterocycles. The molecular weight excluding hydrogens is 352 g/mol. The van der Waals surface area contributed by atoms with Crippen LogP contribution in [0.15, 0.2) is 30.3 Å². The molecule has 0 aliphatic heterocycles. The summed E-state index contributed by atoms with van der Waals surface area (Å²) in [6, 6.07) is 11.2. The fourth-order valence-corrected chi connectivity index (χ4v) is 8.76. The van der Waals surface area contributed by atoms with Crippen LogP contribution in [0.4, 0.5) is 0 Å². The average Bonchev–Trinajstić information content (AvgIpc) is 2.25. The summed E-state index contributed by atoms with van der Waals surface area (Å²) in [6.45, 7) is 0. The summed E-state index contributed by atoms with van der Waals surface area (Å²) < 4.78 is 0.789. The van der Waals surface area contributed by atoms with Crippen LogP contribution in [0.2, 0.25) is 0 Å². The molecule has 1 aromatic carbocycles. The Labute approximate surface area is 126 Å². The number of hydrogen-bond acceptors (Lipinski definition) is 0. The van der Waals surface area contributed by atoms with Crippen molar-refractivity contribution >= 4 is 31.9 Å². The molecule has 2 heteroatoms. The quantitative estimate of drug-likeness (QED) is 0.597. The maximum atomic E-state index is 4.10. The normalized spacial score (nSPS) is 49.6. The molecule has 2 atom stereocenters. The van der Waals surface area contributed by atoms with E-state index in [0.29, 0.717) is 14.1 Å². The lowest BCUT2D eigenvalue weighted by Gasteiger charge is -2.63. The second kappa shape index (κ2) is 3.63. The lowest BCUT2D eigenvalue weighted by molar-refractivity contribution is 0.0358. The highest BCUT2D eigenvalue weighted by Crippen LogP contribution is 2.68. The molecular formula is C16H18Br2. The maximum absolute atomic E-state index is 4.10. The third kappa shape index (κ3) is 1.67. The number of benzene rings is 1. The first-order chi connectivity index (χ1) is 8.51. The fourth-order valence-electron chi connectivity index (χ4n) is 5.32. The molecule has 4 bridgehead atoms. The molecule has 0 heterocycles. The summed E-state index contributed by atoms with van der Waals surface area (Å²) in [6.07, 6.45) is 8.13. The lowest BCUT2D eigenvalue weighted by atomic mass is 9.48. The van der Waals surface area contributed by atoms with Gasteiger partial charge in [0.15, 0.2) is 0 Å². The third-order valence-corrected chi connectivity index (χ3v) is 7.09. The predicted molar refractivity (Wildman–Crippen MR) is 82.6 cm³/mol. The van der Waals surface area contributed by atoms with Crippen LogP contribution in [0.5, 0.6) is 0 Å². The number of hydrogen-bond donors (Lipinski definition) is 0. The Hall–Kier alpha value is 0.180. The smallest absolute Gasteiger partial charge is 0.0282 e. The molecule has 18 heavy (non-hydrogen) atoms. The molecule has 0 N–H and O–H groups in total. The van der Waals surface area contributed by atoms with Gasteiger partial charge < -0.3 is 0 Å². The zero-order valence-corrected chi connectivity index (χ0v) is 13.6. The average molecular weight is 370 g/mol. The molecule has 4 saturated carbocycles. The van der Waals surface area contributed by atoms with Crippen LogP contribution >= 0.6 is 31.9 Å². The van der Waals surface area contributed by atoms with Crippen LogP contribution in [0, 0.1) is 5.92 Å². The van der Waals surface area contributed by atoms with E-state index in [4.69, 9.17) is 0 Å². The van der Waals surface area contributed by atoms with Crippen LogP contribution in [0.3, 0.4) is 0 Å². The van der Waals surface area contributed by atoms with Crippen molar-refractivity contribution in [2.45, 2.75) is 52.6 Å². The molecule has 0 nitrogen and oxygen atoms in total. The van der Waals surface area contributed by atoms with Crippen LogP contribution in [-0.4, -0.2) is 8.65 Å². The molecule has 0 unspecified atom stereocenters. The van der Waals surface area contributed by atoms with Gasteiger partial charge in [0.25, 0.3) is 0 Å². The van der Waals surface area contributed by atoms with Crippen molar-refractivity contribution in [2.75, 3.05) is 0 Å². The maximum Gasteiger partial charge on any atom is 0.0282 e. The van der Waals surface area contributed by atoms with E-state index < -0.39 is 0 Å². The Morgan fingerprint density at radius 1 is 0.833 bits per heavy atom. The van der Waals surface area contributed by atoms with Crippen molar-refractivity contribution in [2.24, 2.45) is 5.92 Å². The van der Waals surface area contributed by atoms with Gasteiger partial charge in [-0.3, -0.25) is 0 Å². The Bertz CT molecular complexity index is 463. The number of rotatable bonds is 1. The second-order valence-electron chi connectivity index (χ2n) is 6.96. The molecule has 5 rings (SSSR count). The summed E-state index contributed by atoms with van der Waals surface area (Å²) in [7, 11) is 0. The minimum atomic E-state index is 0.395. The van der Waals surface area contributed by atoms with Gasteiger partial charge in [-0.15, -0.1) is 0 Å². The molecule has 4 aliphatic rings. The van der Waals surface area contributed by atoms with E-state index in [1.807, 2.05) is 0 Å². The van der Waals surface area contributed by atoms with Gasteiger partial charge >= 0.3 is 0 Å². The highest BCUT2D eigenvalue weighted by atomic mass is 79.9. The van der Waals surface area contributed by atoms with Crippen LogP contribution in [0.25, 0.3) is 0 Å². The second-order valence-corrected chi connectivity index (χ2v) is 10.3. The van der Waals surface area contributed by atoms with Gasteiger partial charge in [-0.05, 0) is 55.4 Å². The van der Waals surface area contributed by atoms with Gasteiger partial charge in [-0.2, -0.15) is 0 Å². The van der Waals surface area contributed by atoms with E-state index in [2.05, 4.69) is 62.2 Å². The van der Waals surface area contributed by atoms with Gasteiger partial charge in [0.2, 0.25) is 0 Å². The van der Waals surface area contributed by atoms with Gasteiger partial charge in [0.1, 0.15) is 0 Å². The Morgan fingerprint density at radius 3 is 2.00 bits per heavy atom. The van der Waals surface area contributed by atoms with E-state index in [9.17, 15) is 0 Å². The molecule has 0 aromatic heterocycles. The molecule has 0 amide bonds. The van der Waals surface area contributed by atoms with E-state index in [1.54, 1.807) is 5.56 Å². The summed E-state index contributed by atoms with van der Waals surface area (Å²) in [5, 5.41) is 0. The molecule has 0 radical (unpaired) electrons. The molecule has 0 spiro atoms. The summed E-state index contributed by atoms with van der Waals surface area (Å²) in [4.78, 5) is 0. The Kier molecular flexibility index (Phi) is 2.41. The van der Waals surface area contributed by atoms with Gasteiger partial charge in [-0.25, -0.2) is 0 Å². The fraction of sp³-hybridized carbons (Fsp3) is 0.625. The molecule has 4 fully saturated rings. The molecule has 4 aliphatic carbocycles. The van der Waals surface area contributed by atoms with Crippen LogP contribution < -0.4 is 0 Å². The SMILES string of the molecule is Br[C@]12CC3CC(c4ccccc4)(C1)C[C@](Br)(C3)C2. The van der Waals surface area contributed by atoms with Gasteiger partial charge in [-0.1, -0.05) is 62.2 Å². The first kappa shape index (κ1) is 12.0. The summed E-state index contributed by atoms with van der Waals surface area (Å²) in [5.41, 5.74) is 2.00. The minimum absolute atomic E-state index is 0.395. The van der Waals surface area contributed by atoms with Crippen LogP contribution in [0.1, 0.15) is 44.1 Å². The van der Waals surface area contributed by atoms with Gasteiger partial charge in [0, 0.05) is 8.65 Å². The topological polar surface area (TPSA) is 0 Å². The standard InChI is InChI=1S/C16H18Br2/c17-15-7-12-6-14(9-15,10-16(18,8-12)11-15)13-4-2-1-3-5-13/h1-5,12H,6-11H2/t12?,14?,15-,16-/m1/s1. The number of halogens is 2. The first-order valence-corrected chi connectivity index (χ1v) is 8.53. The monoisotopic (exact) mass is 368 g/mol. The van der Waals surface area contributed by atoms with Gasteiger partial charge in [0.05, 0.1) is 0 Å². The highest BCUT2D eigenvalue weighted by Gasteiger charge is 2.62. The van der Waals surface area contributed by atoms with E-state index in [0.717, 1.165) is 5.92 Å². The van der Waals surface area contributed by atoms with Crippen molar-refractivity contribution in [1.29, 1.82) is 0 Å². The Balaban J connectivity index is 1.83. The van der Waals surface area contributed by atoms with Crippen molar-refractivity contribution in [3.8, 4) is 0 Å². The lowest BCUT2D eigenvalue weighted by Crippen LogP contribution is -2.60. The zero-order chi connectivity index (χ0) is 12.4. The largest absolute Gasteiger partial charge is 0.0852 e. The third-order valence-electron chi connectivity index (χ3n) is 5.32. The van der Waals surface area contributed by atoms with Crippen molar-refractivity contribution in [3.63, 3.8) is 0 Å². The number of alkyl halides is 2.